The van der Waals surface area contributed by atoms with Crippen LogP contribution >= 0.6 is 15.9 Å². The number of hydrogen-bond acceptors (Lipinski definition) is 4. The molecule has 2 amide bonds. The van der Waals surface area contributed by atoms with Gasteiger partial charge in [-0.05, 0) is 59.1 Å². The fourth-order valence-electron chi connectivity index (χ4n) is 3.16. The van der Waals surface area contributed by atoms with Gasteiger partial charge in [-0.2, -0.15) is 0 Å². The molecular formula is C18H17BrN4O3. The number of H-pyrrole nitrogens is 1. The van der Waals surface area contributed by atoms with Crippen LogP contribution in [0.4, 0.5) is 0 Å². The van der Waals surface area contributed by atoms with Gasteiger partial charge >= 0.3 is 0 Å². The lowest BCUT2D eigenvalue weighted by molar-refractivity contribution is 0.0666. The number of likely N-dealkylation sites (tertiary alicyclic amines) is 1. The Hall–Kier alpha value is -2.61. The van der Waals surface area contributed by atoms with E-state index in [2.05, 4.69) is 31.2 Å². The zero-order chi connectivity index (χ0) is 18.1. The van der Waals surface area contributed by atoms with Gasteiger partial charge in [-0.15, -0.1) is 0 Å². The van der Waals surface area contributed by atoms with Crippen molar-refractivity contribution in [3.63, 3.8) is 0 Å². The molecule has 2 aromatic heterocycles. The summed E-state index contributed by atoms with van der Waals surface area (Å²) in [5.74, 6) is 0.0960. The maximum atomic E-state index is 12.5. The Kier molecular flexibility index (Phi) is 4.50. The van der Waals surface area contributed by atoms with Crippen molar-refractivity contribution in [2.75, 3.05) is 13.1 Å². The number of halogens is 1. The normalized spacial score (nSPS) is 15.3. The first-order chi connectivity index (χ1) is 12.6. The molecule has 4 rings (SSSR count). The number of aromatic nitrogens is 2. The Morgan fingerprint density at radius 3 is 2.77 bits per heavy atom. The highest BCUT2D eigenvalue weighted by Crippen LogP contribution is 2.19. The minimum Gasteiger partial charge on any atom is -0.444 e. The van der Waals surface area contributed by atoms with Crippen LogP contribution in [0.3, 0.4) is 0 Å². The van der Waals surface area contributed by atoms with Crippen molar-refractivity contribution < 1.29 is 14.0 Å². The number of benzene rings is 1. The predicted molar refractivity (Wildman–Crippen MR) is 98.9 cm³/mol. The van der Waals surface area contributed by atoms with E-state index in [1.54, 1.807) is 35.5 Å². The number of carbonyl (C=O) groups excluding carboxylic acids is 2. The predicted octanol–water partition coefficient (Wildman–Crippen LogP) is 2.95. The van der Waals surface area contributed by atoms with Gasteiger partial charge in [0.2, 0.25) is 0 Å². The van der Waals surface area contributed by atoms with Crippen molar-refractivity contribution >= 4 is 38.8 Å². The Morgan fingerprint density at radius 2 is 2.04 bits per heavy atom. The summed E-state index contributed by atoms with van der Waals surface area (Å²) in [7, 11) is 0. The van der Waals surface area contributed by atoms with Crippen molar-refractivity contribution in [3.8, 4) is 0 Å². The summed E-state index contributed by atoms with van der Waals surface area (Å²) in [5.41, 5.74) is 2.27. The molecule has 1 fully saturated rings. The molecule has 134 valence electrons. The first-order valence-corrected chi connectivity index (χ1v) is 9.18. The van der Waals surface area contributed by atoms with Gasteiger partial charge in [-0.25, -0.2) is 4.98 Å². The van der Waals surface area contributed by atoms with Crippen LogP contribution in [0.5, 0.6) is 0 Å². The molecule has 3 heterocycles. The smallest absolute Gasteiger partial charge is 0.289 e. The van der Waals surface area contributed by atoms with E-state index in [0.717, 1.165) is 11.0 Å². The van der Waals surface area contributed by atoms with Crippen LogP contribution in [0.25, 0.3) is 11.0 Å². The zero-order valence-electron chi connectivity index (χ0n) is 13.9. The molecule has 8 heteroatoms. The van der Waals surface area contributed by atoms with Gasteiger partial charge in [0.25, 0.3) is 11.8 Å². The van der Waals surface area contributed by atoms with Gasteiger partial charge in [-0.1, -0.05) is 0 Å². The van der Waals surface area contributed by atoms with E-state index in [0.29, 0.717) is 41.9 Å². The quantitative estimate of drug-likeness (QED) is 0.686. The second-order valence-electron chi connectivity index (χ2n) is 6.28. The number of hydrogen-bond donors (Lipinski definition) is 2. The fourth-order valence-corrected chi connectivity index (χ4v) is 3.46. The second-order valence-corrected chi connectivity index (χ2v) is 7.06. The molecular weight excluding hydrogens is 400 g/mol. The van der Waals surface area contributed by atoms with Crippen LogP contribution in [0, 0.1) is 0 Å². The number of aromatic amines is 1. The summed E-state index contributed by atoms with van der Waals surface area (Å²) in [6, 6.07) is 8.80. The molecule has 1 aliphatic rings. The SMILES string of the molecule is O=C(NC1CCN(C(=O)c2ccc(Br)o2)CC1)c1ccc2nc[nH]c2c1. The molecule has 26 heavy (non-hydrogen) atoms. The number of amides is 2. The van der Waals surface area contributed by atoms with Crippen LogP contribution in [0.1, 0.15) is 33.8 Å². The Morgan fingerprint density at radius 1 is 1.23 bits per heavy atom. The third-order valence-electron chi connectivity index (χ3n) is 4.58. The summed E-state index contributed by atoms with van der Waals surface area (Å²) in [6.45, 7) is 1.17. The fraction of sp³-hybridized carbons (Fsp3) is 0.278. The maximum absolute atomic E-state index is 12.5. The van der Waals surface area contributed by atoms with Crippen molar-refractivity contribution in [3.05, 3.63) is 52.7 Å². The number of fused-ring (bicyclic) bond motifs is 1. The number of furan rings is 1. The molecule has 3 aromatic rings. The minimum absolute atomic E-state index is 0.0485. The molecule has 0 unspecified atom stereocenters. The molecule has 1 aromatic carbocycles. The van der Waals surface area contributed by atoms with Crippen molar-refractivity contribution in [2.45, 2.75) is 18.9 Å². The zero-order valence-corrected chi connectivity index (χ0v) is 15.5. The summed E-state index contributed by atoms with van der Waals surface area (Å²) in [5, 5.41) is 3.05. The van der Waals surface area contributed by atoms with Crippen molar-refractivity contribution in [1.82, 2.24) is 20.2 Å². The van der Waals surface area contributed by atoms with Crippen LogP contribution < -0.4 is 5.32 Å². The lowest BCUT2D eigenvalue weighted by Gasteiger charge is -2.31. The monoisotopic (exact) mass is 416 g/mol. The highest BCUT2D eigenvalue weighted by molar-refractivity contribution is 9.10. The molecule has 1 saturated heterocycles. The second kappa shape index (κ2) is 6.95. The summed E-state index contributed by atoms with van der Waals surface area (Å²) in [6.07, 6.45) is 3.04. The first kappa shape index (κ1) is 16.8. The van der Waals surface area contributed by atoms with E-state index < -0.39 is 0 Å². The van der Waals surface area contributed by atoms with Gasteiger partial charge in [0.05, 0.1) is 17.4 Å². The summed E-state index contributed by atoms with van der Waals surface area (Å²) in [4.78, 5) is 33.8. The van der Waals surface area contributed by atoms with E-state index in [1.165, 1.54) is 0 Å². The number of nitrogens with one attached hydrogen (secondary N) is 2. The summed E-state index contributed by atoms with van der Waals surface area (Å²) < 4.78 is 5.86. The average molecular weight is 417 g/mol. The largest absolute Gasteiger partial charge is 0.444 e. The number of rotatable bonds is 3. The van der Waals surface area contributed by atoms with Gasteiger partial charge in [-0.3, -0.25) is 9.59 Å². The Balaban J connectivity index is 1.34. The maximum Gasteiger partial charge on any atom is 0.289 e. The topological polar surface area (TPSA) is 91.2 Å². The van der Waals surface area contributed by atoms with Crippen LogP contribution in [0.15, 0.2) is 45.7 Å². The number of piperidine rings is 1. The van der Waals surface area contributed by atoms with Gasteiger partial charge in [0.1, 0.15) is 0 Å². The Bertz CT molecular complexity index is 956. The molecule has 1 aliphatic heterocycles. The lowest BCUT2D eigenvalue weighted by Crippen LogP contribution is -2.46. The minimum atomic E-state index is -0.120. The van der Waals surface area contributed by atoms with Crippen molar-refractivity contribution in [2.24, 2.45) is 0 Å². The van der Waals surface area contributed by atoms with E-state index in [-0.39, 0.29) is 17.9 Å². The molecule has 0 spiro atoms. The number of carbonyl (C=O) groups is 2. The molecule has 0 bridgehead atoms. The Labute approximate surface area is 157 Å². The molecule has 2 N–H and O–H groups in total. The standard InChI is InChI=1S/C18H17BrN4O3/c19-16-4-3-15(26-16)18(25)23-7-5-12(6-8-23)22-17(24)11-1-2-13-14(9-11)21-10-20-13/h1-4,9-10,12H,5-8H2,(H,20,21)(H,22,24). The van der Waals surface area contributed by atoms with Gasteiger partial charge in [0, 0.05) is 24.7 Å². The first-order valence-electron chi connectivity index (χ1n) is 8.39. The number of imidazole rings is 1. The number of nitrogens with zero attached hydrogens (tertiary/aromatic N) is 2. The van der Waals surface area contributed by atoms with E-state index in [4.69, 9.17) is 4.42 Å². The van der Waals surface area contributed by atoms with E-state index >= 15 is 0 Å². The third-order valence-corrected chi connectivity index (χ3v) is 5.01. The molecule has 0 atom stereocenters. The van der Waals surface area contributed by atoms with E-state index in [1.807, 2.05) is 6.07 Å². The molecule has 0 saturated carbocycles. The summed E-state index contributed by atoms with van der Waals surface area (Å²) >= 11 is 3.20. The molecule has 0 aliphatic carbocycles. The third kappa shape index (κ3) is 3.37. The average Bonchev–Trinajstić information content (AvgIpc) is 3.29. The molecule has 0 radical (unpaired) electrons. The van der Waals surface area contributed by atoms with Crippen LogP contribution in [-0.2, 0) is 0 Å². The highest BCUT2D eigenvalue weighted by atomic mass is 79.9. The van der Waals surface area contributed by atoms with Crippen LogP contribution in [-0.4, -0.2) is 45.8 Å². The highest BCUT2D eigenvalue weighted by Gasteiger charge is 2.26. The molecule has 7 nitrogen and oxygen atoms in total. The van der Waals surface area contributed by atoms with Gasteiger partial charge < -0.3 is 19.6 Å². The van der Waals surface area contributed by atoms with Gasteiger partial charge in [0.15, 0.2) is 10.4 Å². The van der Waals surface area contributed by atoms with E-state index in [9.17, 15) is 9.59 Å². The lowest BCUT2D eigenvalue weighted by atomic mass is 10.0. The van der Waals surface area contributed by atoms with Crippen molar-refractivity contribution in [1.29, 1.82) is 0 Å². The van der Waals surface area contributed by atoms with Crippen LogP contribution in [0.2, 0.25) is 0 Å².